The van der Waals surface area contributed by atoms with Crippen molar-refractivity contribution < 1.29 is 9.59 Å². The highest BCUT2D eigenvalue weighted by Gasteiger charge is 2.05. The van der Waals surface area contributed by atoms with Crippen LogP contribution in [0.4, 0.5) is 11.4 Å². The second kappa shape index (κ2) is 8.36. The van der Waals surface area contributed by atoms with E-state index < -0.39 is 0 Å². The fourth-order valence-corrected chi connectivity index (χ4v) is 2.23. The molecule has 2 aromatic rings. The van der Waals surface area contributed by atoms with Crippen molar-refractivity contribution in [2.75, 3.05) is 17.2 Å². The molecular weight excluding hydrogens is 326 g/mol. The van der Waals surface area contributed by atoms with E-state index >= 15 is 0 Å². The van der Waals surface area contributed by atoms with Crippen molar-refractivity contribution in [3.63, 3.8) is 0 Å². The van der Waals surface area contributed by atoms with Gasteiger partial charge in [0.25, 0.3) is 0 Å². The third-order valence-electron chi connectivity index (χ3n) is 3.40. The lowest BCUT2D eigenvalue weighted by molar-refractivity contribution is -0.119. The maximum absolute atomic E-state index is 11.9. The van der Waals surface area contributed by atoms with Crippen LogP contribution in [-0.4, -0.2) is 18.4 Å². The molecule has 2 aromatic carbocycles. The third kappa shape index (κ3) is 5.59. The lowest BCUT2D eigenvalue weighted by Gasteiger charge is -2.11. The first-order valence-electron chi connectivity index (χ1n) is 7.57. The van der Waals surface area contributed by atoms with E-state index in [0.29, 0.717) is 11.6 Å². The average molecular weight is 346 g/mol. The van der Waals surface area contributed by atoms with E-state index in [-0.39, 0.29) is 18.4 Å². The molecule has 0 bridgehead atoms. The molecule has 0 fully saturated rings. The summed E-state index contributed by atoms with van der Waals surface area (Å²) in [7, 11) is 0. The summed E-state index contributed by atoms with van der Waals surface area (Å²) in [4.78, 5) is 23.1. The molecule has 0 aromatic heterocycles. The minimum Gasteiger partial charge on any atom is -0.376 e. The molecule has 6 heteroatoms. The van der Waals surface area contributed by atoms with E-state index in [2.05, 4.69) is 16.0 Å². The van der Waals surface area contributed by atoms with Crippen LogP contribution in [0.3, 0.4) is 0 Å². The second-order valence-electron chi connectivity index (χ2n) is 5.47. The predicted molar refractivity (Wildman–Crippen MR) is 97.3 cm³/mol. The standard InChI is InChI=1S/C18H20ClN3O2/c1-12-3-8-16(9-17(12)22-13(2)23)20-11-18(24)21-10-14-4-6-15(19)7-5-14/h3-9,20H,10-11H2,1-2H3,(H,21,24)(H,22,23). The number of hydrogen-bond acceptors (Lipinski definition) is 3. The fourth-order valence-electron chi connectivity index (χ4n) is 2.10. The minimum absolute atomic E-state index is 0.119. The topological polar surface area (TPSA) is 70.2 Å². The molecule has 0 aliphatic carbocycles. The normalized spacial score (nSPS) is 10.1. The molecule has 0 heterocycles. The maximum Gasteiger partial charge on any atom is 0.239 e. The number of aryl methyl sites for hydroxylation is 1. The van der Waals surface area contributed by atoms with Crippen LogP contribution >= 0.6 is 11.6 Å². The first-order chi connectivity index (χ1) is 11.4. The largest absolute Gasteiger partial charge is 0.376 e. The number of nitrogens with one attached hydrogen (secondary N) is 3. The van der Waals surface area contributed by atoms with E-state index in [1.165, 1.54) is 6.92 Å². The molecule has 24 heavy (non-hydrogen) atoms. The number of carbonyl (C=O) groups excluding carboxylic acids is 2. The molecule has 0 saturated heterocycles. The number of hydrogen-bond donors (Lipinski definition) is 3. The fraction of sp³-hybridized carbons (Fsp3) is 0.222. The highest BCUT2D eigenvalue weighted by atomic mass is 35.5. The summed E-state index contributed by atoms with van der Waals surface area (Å²) in [6.45, 7) is 3.97. The number of benzene rings is 2. The van der Waals surface area contributed by atoms with E-state index in [1.54, 1.807) is 12.1 Å². The SMILES string of the molecule is CC(=O)Nc1cc(NCC(=O)NCc2ccc(Cl)cc2)ccc1C. The van der Waals surface area contributed by atoms with Gasteiger partial charge in [-0.3, -0.25) is 9.59 Å². The van der Waals surface area contributed by atoms with Crippen molar-refractivity contribution in [2.45, 2.75) is 20.4 Å². The van der Waals surface area contributed by atoms with Crippen LogP contribution in [0.15, 0.2) is 42.5 Å². The van der Waals surface area contributed by atoms with Crippen molar-refractivity contribution in [1.82, 2.24) is 5.32 Å². The van der Waals surface area contributed by atoms with Gasteiger partial charge in [0.1, 0.15) is 0 Å². The van der Waals surface area contributed by atoms with Crippen molar-refractivity contribution in [2.24, 2.45) is 0 Å². The van der Waals surface area contributed by atoms with Crippen molar-refractivity contribution in [3.05, 3.63) is 58.6 Å². The summed E-state index contributed by atoms with van der Waals surface area (Å²) in [5.74, 6) is -0.248. The minimum atomic E-state index is -0.129. The molecule has 5 nitrogen and oxygen atoms in total. The molecule has 126 valence electrons. The summed E-state index contributed by atoms with van der Waals surface area (Å²) in [6.07, 6.45) is 0. The molecule has 0 aliphatic heterocycles. The van der Waals surface area contributed by atoms with Crippen LogP contribution in [0, 0.1) is 6.92 Å². The van der Waals surface area contributed by atoms with E-state index in [1.807, 2.05) is 37.3 Å². The average Bonchev–Trinajstić information content (AvgIpc) is 2.54. The van der Waals surface area contributed by atoms with Crippen molar-refractivity contribution >= 4 is 34.8 Å². The van der Waals surface area contributed by atoms with Gasteiger partial charge in [-0.05, 0) is 42.3 Å². The summed E-state index contributed by atoms with van der Waals surface area (Å²) >= 11 is 5.82. The van der Waals surface area contributed by atoms with Gasteiger partial charge in [-0.2, -0.15) is 0 Å². The lowest BCUT2D eigenvalue weighted by atomic mass is 10.1. The molecule has 0 unspecified atom stereocenters. The van der Waals surface area contributed by atoms with Crippen LogP contribution < -0.4 is 16.0 Å². The molecule has 0 spiro atoms. The van der Waals surface area contributed by atoms with E-state index in [4.69, 9.17) is 11.6 Å². The second-order valence-corrected chi connectivity index (χ2v) is 5.90. The zero-order valence-electron chi connectivity index (χ0n) is 13.7. The Labute approximate surface area is 146 Å². The van der Waals surface area contributed by atoms with Gasteiger partial charge < -0.3 is 16.0 Å². The molecule has 0 atom stereocenters. The molecular formula is C18H20ClN3O2. The van der Waals surface area contributed by atoms with Gasteiger partial charge in [0.05, 0.1) is 6.54 Å². The quantitative estimate of drug-likeness (QED) is 0.752. The van der Waals surface area contributed by atoms with Gasteiger partial charge in [0.2, 0.25) is 11.8 Å². The van der Waals surface area contributed by atoms with Crippen LogP contribution in [0.5, 0.6) is 0 Å². The molecule has 0 aliphatic rings. The number of anilines is 2. The Morgan fingerprint density at radius 1 is 1.08 bits per heavy atom. The lowest BCUT2D eigenvalue weighted by Crippen LogP contribution is -2.29. The Morgan fingerprint density at radius 2 is 1.79 bits per heavy atom. The number of rotatable bonds is 6. The van der Waals surface area contributed by atoms with E-state index in [9.17, 15) is 9.59 Å². The predicted octanol–water partition coefficient (Wildman–Crippen LogP) is 3.34. The Kier molecular flexibility index (Phi) is 6.21. The zero-order valence-corrected chi connectivity index (χ0v) is 14.4. The van der Waals surface area contributed by atoms with Gasteiger partial charge in [-0.15, -0.1) is 0 Å². The summed E-state index contributed by atoms with van der Waals surface area (Å²) in [6, 6.07) is 12.9. The Balaban J connectivity index is 1.85. The highest BCUT2D eigenvalue weighted by Crippen LogP contribution is 2.20. The van der Waals surface area contributed by atoms with Gasteiger partial charge >= 0.3 is 0 Å². The summed E-state index contributed by atoms with van der Waals surface area (Å²) < 4.78 is 0. The van der Waals surface area contributed by atoms with Gasteiger partial charge in [-0.25, -0.2) is 0 Å². The molecule has 0 radical (unpaired) electrons. The smallest absolute Gasteiger partial charge is 0.239 e. The Hall–Kier alpha value is -2.53. The number of amides is 2. The van der Waals surface area contributed by atoms with Crippen LogP contribution in [0.25, 0.3) is 0 Å². The first-order valence-corrected chi connectivity index (χ1v) is 7.95. The maximum atomic E-state index is 11.9. The molecule has 0 saturated carbocycles. The molecule has 2 amide bonds. The Morgan fingerprint density at radius 3 is 2.46 bits per heavy atom. The highest BCUT2D eigenvalue weighted by molar-refractivity contribution is 6.30. The zero-order chi connectivity index (χ0) is 17.5. The Bertz CT molecular complexity index is 730. The summed E-state index contributed by atoms with van der Waals surface area (Å²) in [5, 5.41) is 9.31. The van der Waals surface area contributed by atoms with Gasteiger partial charge in [-0.1, -0.05) is 29.8 Å². The molecule has 2 rings (SSSR count). The van der Waals surface area contributed by atoms with E-state index in [0.717, 1.165) is 22.5 Å². The molecule has 3 N–H and O–H groups in total. The van der Waals surface area contributed by atoms with Crippen LogP contribution in [0.2, 0.25) is 5.02 Å². The third-order valence-corrected chi connectivity index (χ3v) is 3.66. The monoisotopic (exact) mass is 345 g/mol. The van der Waals surface area contributed by atoms with Crippen LogP contribution in [0.1, 0.15) is 18.1 Å². The van der Waals surface area contributed by atoms with Gasteiger partial charge in [0.15, 0.2) is 0 Å². The number of halogens is 1. The first kappa shape index (κ1) is 17.8. The van der Waals surface area contributed by atoms with Crippen LogP contribution in [-0.2, 0) is 16.1 Å². The van der Waals surface area contributed by atoms with Gasteiger partial charge in [0, 0.05) is 29.9 Å². The van der Waals surface area contributed by atoms with Crippen molar-refractivity contribution in [1.29, 1.82) is 0 Å². The van der Waals surface area contributed by atoms with Crippen molar-refractivity contribution in [3.8, 4) is 0 Å². The number of carbonyl (C=O) groups is 2. The summed E-state index contributed by atoms with van der Waals surface area (Å²) in [5.41, 5.74) is 3.44.